The number of hydrogen-bond acceptors (Lipinski definition) is 2. The number of aliphatic hydroxyl groups is 1. The lowest BCUT2D eigenvalue weighted by molar-refractivity contribution is 0.195. The molecule has 0 aliphatic rings. The number of aliphatic hydroxyl groups excluding tert-OH is 1. The molecule has 0 amide bonds. The van der Waals surface area contributed by atoms with Gasteiger partial charge >= 0.3 is 0 Å². The summed E-state index contributed by atoms with van der Waals surface area (Å²) >= 11 is 6.51. The molecule has 0 aliphatic heterocycles. The summed E-state index contributed by atoms with van der Waals surface area (Å²) in [6.07, 6.45) is -0.703. The Kier molecular flexibility index (Phi) is 4.60. The molecule has 2 aromatic rings. The van der Waals surface area contributed by atoms with Crippen molar-refractivity contribution in [2.24, 2.45) is 0 Å². The molecule has 5 heteroatoms. The topological polar surface area (TPSA) is 29.5 Å². The number of hydrogen-bond donors (Lipinski definition) is 1. The minimum Gasteiger partial charge on any atom is -0.454 e. The highest BCUT2D eigenvalue weighted by Crippen LogP contribution is 2.33. The zero-order chi connectivity index (χ0) is 14.0. The van der Waals surface area contributed by atoms with Gasteiger partial charge in [-0.25, -0.2) is 4.39 Å². The Balaban J connectivity index is 2.38. The molecule has 2 rings (SSSR count). The van der Waals surface area contributed by atoms with Crippen molar-refractivity contribution < 1.29 is 14.2 Å². The maximum Gasteiger partial charge on any atom is 0.166 e. The SMILES string of the molecule is CC(O)c1cc(Br)ccc1Oc1ccc(Br)cc1F. The van der Waals surface area contributed by atoms with Crippen LogP contribution >= 0.6 is 31.9 Å². The zero-order valence-corrected chi connectivity index (χ0v) is 13.2. The molecule has 100 valence electrons. The second-order valence-electron chi connectivity index (χ2n) is 4.03. The molecule has 0 heterocycles. The van der Waals surface area contributed by atoms with E-state index in [2.05, 4.69) is 31.9 Å². The molecule has 0 aliphatic carbocycles. The Morgan fingerprint density at radius 1 is 1.05 bits per heavy atom. The predicted molar refractivity (Wildman–Crippen MR) is 78.9 cm³/mol. The Morgan fingerprint density at radius 2 is 1.63 bits per heavy atom. The predicted octanol–water partition coefficient (Wildman–Crippen LogP) is 5.20. The maximum absolute atomic E-state index is 13.7. The summed E-state index contributed by atoms with van der Waals surface area (Å²) in [5, 5.41) is 9.72. The summed E-state index contributed by atoms with van der Waals surface area (Å²) in [7, 11) is 0. The van der Waals surface area contributed by atoms with Crippen molar-refractivity contribution in [3.05, 3.63) is 56.7 Å². The van der Waals surface area contributed by atoms with Gasteiger partial charge in [-0.15, -0.1) is 0 Å². The summed E-state index contributed by atoms with van der Waals surface area (Å²) in [4.78, 5) is 0. The lowest BCUT2D eigenvalue weighted by Gasteiger charge is -2.14. The van der Waals surface area contributed by atoms with Crippen LogP contribution in [0.25, 0.3) is 0 Å². The van der Waals surface area contributed by atoms with E-state index >= 15 is 0 Å². The molecule has 0 spiro atoms. The Labute approximate surface area is 127 Å². The third-order valence-corrected chi connectivity index (χ3v) is 3.52. The molecule has 1 unspecified atom stereocenters. The van der Waals surface area contributed by atoms with Crippen molar-refractivity contribution in [1.29, 1.82) is 0 Å². The van der Waals surface area contributed by atoms with Crippen molar-refractivity contribution in [3.8, 4) is 11.5 Å². The van der Waals surface area contributed by atoms with E-state index in [1.165, 1.54) is 12.1 Å². The third kappa shape index (κ3) is 3.55. The maximum atomic E-state index is 13.7. The molecule has 0 bridgehead atoms. The average molecular weight is 390 g/mol. The average Bonchev–Trinajstić information content (AvgIpc) is 2.34. The monoisotopic (exact) mass is 388 g/mol. The standard InChI is InChI=1S/C14H11Br2FO2/c1-8(18)11-6-9(15)2-4-13(11)19-14-5-3-10(16)7-12(14)17/h2-8,18H,1H3. The largest absolute Gasteiger partial charge is 0.454 e. The highest BCUT2D eigenvalue weighted by molar-refractivity contribution is 9.10. The van der Waals surface area contributed by atoms with Crippen LogP contribution in [0.3, 0.4) is 0 Å². The van der Waals surface area contributed by atoms with E-state index in [9.17, 15) is 9.50 Å². The molecule has 1 atom stereocenters. The summed E-state index contributed by atoms with van der Waals surface area (Å²) in [5.41, 5.74) is 0.594. The van der Waals surface area contributed by atoms with Crippen molar-refractivity contribution in [3.63, 3.8) is 0 Å². The quantitative estimate of drug-likeness (QED) is 0.781. The molecular weight excluding hydrogens is 379 g/mol. The Bertz CT molecular complexity index is 600. The lowest BCUT2D eigenvalue weighted by atomic mass is 10.1. The van der Waals surface area contributed by atoms with Gasteiger partial charge in [0.1, 0.15) is 5.75 Å². The molecule has 0 aromatic heterocycles. The van der Waals surface area contributed by atoms with Crippen LogP contribution in [0.15, 0.2) is 45.3 Å². The van der Waals surface area contributed by atoms with E-state index in [1.54, 1.807) is 31.2 Å². The first kappa shape index (κ1) is 14.5. The van der Waals surface area contributed by atoms with Crippen LogP contribution in [0.5, 0.6) is 11.5 Å². The first-order valence-corrected chi connectivity index (χ1v) is 7.16. The second kappa shape index (κ2) is 6.03. The van der Waals surface area contributed by atoms with Crippen LogP contribution in [0.4, 0.5) is 4.39 Å². The number of benzene rings is 2. The Morgan fingerprint density at radius 3 is 2.21 bits per heavy atom. The van der Waals surface area contributed by atoms with Gasteiger partial charge in [-0.3, -0.25) is 0 Å². The minimum absolute atomic E-state index is 0.118. The van der Waals surface area contributed by atoms with Crippen LogP contribution in [0.1, 0.15) is 18.6 Å². The Hall–Kier alpha value is -0.910. The van der Waals surface area contributed by atoms with Crippen molar-refractivity contribution in [2.45, 2.75) is 13.0 Å². The van der Waals surface area contributed by atoms with Gasteiger partial charge in [-0.1, -0.05) is 31.9 Å². The number of halogens is 3. The van der Waals surface area contributed by atoms with Crippen LogP contribution < -0.4 is 4.74 Å². The van der Waals surface area contributed by atoms with Gasteiger partial charge in [0.15, 0.2) is 11.6 Å². The molecule has 0 fully saturated rings. The highest BCUT2D eigenvalue weighted by Gasteiger charge is 2.13. The molecular formula is C14H11Br2FO2. The molecule has 1 N–H and O–H groups in total. The summed E-state index contributed by atoms with van der Waals surface area (Å²) < 4.78 is 20.7. The van der Waals surface area contributed by atoms with Crippen molar-refractivity contribution in [1.82, 2.24) is 0 Å². The van der Waals surface area contributed by atoms with E-state index in [1.807, 2.05) is 0 Å². The van der Waals surface area contributed by atoms with E-state index in [-0.39, 0.29) is 5.75 Å². The van der Waals surface area contributed by atoms with Gasteiger partial charge in [0, 0.05) is 14.5 Å². The van der Waals surface area contributed by atoms with E-state index in [0.717, 1.165) is 4.47 Å². The second-order valence-corrected chi connectivity index (χ2v) is 5.87. The normalized spacial score (nSPS) is 12.3. The minimum atomic E-state index is -0.703. The fourth-order valence-electron chi connectivity index (χ4n) is 1.62. The molecule has 0 saturated heterocycles. The highest BCUT2D eigenvalue weighted by atomic mass is 79.9. The smallest absolute Gasteiger partial charge is 0.166 e. The van der Waals surface area contributed by atoms with Crippen LogP contribution in [0.2, 0.25) is 0 Å². The molecule has 2 aromatic carbocycles. The van der Waals surface area contributed by atoms with Gasteiger partial charge in [-0.2, -0.15) is 0 Å². The van der Waals surface area contributed by atoms with Gasteiger partial charge in [0.05, 0.1) is 6.10 Å². The summed E-state index contributed by atoms with van der Waals surface area (Å²) in [5.74, 6) is 0.0840. The fraction of sp³-hybridized carbons (Fsp3) is 0.143. The van der Waals surface area contributed by atoms with Crippen LogP contribution in [-0.4, -0.2) is 5.11 Å². The molecule has 2 nitrogen and oxygen atoms in total. The van der Waals surface area contributed by atoms with E-state index < -0.39 is 11.9 Å². The third-order valence-electron chi connectivity index (χ3n) is 2.54. The lowest BCUT2D eigenvalue weighted by Crippen LogP contribution is -1.97. The van der Waals surface area contributed by atoms with E-state index in [4.69, 9.17) is 4.74 Å². The van der Waals surface area contributed by atoms with Crippen LogP contribution in [0, 0.1) is 5.82 Å². The van der Waals surface area contributed by atoms with Gasteiger partial charge in [-0.05, 0) is 43.3 Å². The first-order valence-electron chi connectivity index (χ1n) is 5.58. The first-order chi connectivity index (χ1) is 8.97. The van der Waals surface area contributed by atoms with Crippen molar-refractivity contribution in [2.75, 3.05) is 0 Å². The summed E-state index contributed by atoms with van der Waals surface area (Å²) in [6, 6.07) is 9.77. The van der Waals surface area contributed by atoms with Gasteiger partial charge < -0.3 is 9.84 Å². The van der Waals surface area contributed by atoms with Crippen molar-refractivity contribution >= 4 is 31.9 Å². The summed E-state index contributed by atoms with van der Waals surface area (Å²) in [6.45, 7) is 1.63. The zero-order valence-electron chi connectivity index (χ0n) is 10.0. The van der Waals surface area contributed by atoms with Gasteiger partial charge in [0.25, 0.3) is 0 Å². The molecule has 19 heavy (non-hydrogen) atoms. The van der Waals surface area contributed by atoms with E-state index in [0.29, 0.717) is 15.8 Å². The molecule has 0 saturated carbocycles. The molecule has 0 radical (unpaired) electrons. The van der Waals surface area contributed by atoms with Gasteiger partial charge in [0.2, 0.25) is 0 Å². The fourth-order valence-corrected chi connectivity index (χ4v) is 2.33. The van der Waals surface area contributed by atoms with Crippen LogP contribution in [-0.2, 0) is 0 Å². The number of rotatable bonds is 3. The number of ether oxygens (including phenoxy) is 1.